The van der Waals surface area contributed by atoms with Gasteiger partial charge in [-0.05, 0) is 76.5 Å². The van der Waals surface area contributed by atoms with Gasteiger partial charge in [-0.25, -0.2) is 0 Å². The maximum absolute atomic E-state index is 12.6. The first-order chi connectivity index (χ1) is 16.5. The van der Waals surface area contributed by atoms with Crippen molar-refractivity contribution in [1.82, 2.24) is 5.32 Å². The number of amides is 1. The molecule has 0 aromatic heterocycles. The molecule has 5 nitrogen and oxygen atoms in total. The third-order valence-electron chi connectivity index (χ3n) is 5.27. The molecule has 2 N–H and O–H groups in total. The van der Waals surface area contributed by atoms with Gasteiger partial charge in [0.1, 0.15) is 6.61 Å². The van der Waals surface area contributed by atoms with Gasteiger partial charge in [-0.2, -0.15) is 0 Å². The Morgan fingerprint density at radius 1 is 1.18 bits per heavy atom. The van der Waals surface area contributed by atoms with Gasteiger partial charge in [0, 0.05) is 16.3 Å². The maximum Gasteiger partial charge on any atom is 0.260 e. The monoisotopic (exact) mass is 606 g/mol. The van der Waals surface area contributed by atoms with Crippen molar-refractivity contribution in [3.8, 4) is 11.5 Å². The molecular weight excluding hydrogens is 583 g/mol. The molecule has 1 aliphatic heterocycles. The molecule has 1 aliphatic rings. The van der Waals surface area contributed by atoms with Crippen molar-refractivity contribution in [3.05, 3.63) is 90.9 Å². The van der Waals surface area contributed by atoms with Crippen molar-refractivity contribution in [2.45, 2.75) is 25.4 Å². The van der Waals surface area contributed by atoms with Gasteiger partial charge in [-0.15, -0.1) is 0 Å². The molecular formula is C26H24ClIN2O3S. The van der Waals surface area contributed by atoms with Crippen LogP contribution < -0.4 is 20.1 Å². The van der Waals surface area contributed by atoms with E-state index in [1.54, 1.807) is 7.11 Å². The van der Waals surface area contributed by atoms with Crippen molar-refractivity contribution in [1.29, 1.82) is 0 Å². The van der Waals surface area contributed by atoms with Crippen LogP contribution in [0, 0.1) is 3.57 Å². The molecule has 176 valence electrons. The average molecular weight is 607 g/mol. The van der Waals surface area contributed by atoms with Gasteiger partial charge in [0.25, 0.3) is 5.91 Å². The van der Waals surface area contributed by atoms with Crippen LogP contribution >= 0.6 is 46.0 Å². The highest BCUT2D eigenvalue weighted by Gasteiger charge is 2.27. The van der Waals surface area contributed by atoms with Gasteiger partial charge in [-0.3, -0.25) is 4.79 Å². The van der Waals surface area contributed by atoms with E-state index in [-0.39, 0.29) is 11.4 Å². The number of aryl methyl sites for hydroxylation is 1. The zero-order valence-corrected chi connectivity index (χ0v) is 22.5. The summed E-state index contributed by atoms with van der Waals surface area (Å²) >= 11 is 9.92. The average Bonchev–Trinajstić information content (AvgIpc) is 3.17. The minimum atomic E-state index is -0.231. The third-order valence-corrected chi connectivity index (χ3v) is 7.47. The molecule has 0 radical (unpaired) electrons. The van der Waals surface area contributed by atoms with E-state index in [9.17, 15) is 4.79 Å². The van der Waals surface area contributed by atoms with E-state index >= 15 is 0 Å². The molecule has 3 aromatic carbocycles. The summed E-state index contributed by atoms with van der Waals surface area (Å²) in [6.07, 6.45) is 2.86. The zero-order valence-electron chi connectivity index (χ0n) is 18.7. The lowest BCUT2D eigenvalue weighted by Crippen LogP contribution is -2.30. The lowest BCUT2D eigenvalue weighted by molar-refractivity contribution is -0.116. The summed E-state index contributed by atoms with van der Waals surface area (Å²) < 4.78 is 12.5. The normalized spacial score (nSPS) is 16.4. The Balaban J connectivity index is 1.48. The summed E-state index contributed by atoms with van der Waals surface area (Å²) in [6.45, 7) is 2.46. The first-order valence-corrected chi connectivity index (χ1v) is 13.1. The van der Waals surface area contributed by atoms with Crippen LogP contribution in [0.2, 0.25) is 5.02 Å². The third kappa shape index (κ3) is 6.00. The lowest BCUT2D eigenvalue weighted by Gasteiger charge is -2.14. The first-order valence-electron chi connectivity index (χ1n) is 10.7. The molecule has 3 aromatic rings. The number of hydrogen-bond donors (Lipinski definition) is 2. The lowest BCUT2D eigenvalue weighted by atomic mass is 10.1. The number of nitrogens with one attached hydrogen (secondary N) is 2. The fourth-order valence-electron chi connectivity index (χ4n) is 3.43. The summed E-state index contributed by atoms with van der Waals surface area (Å²) in [5, 5.41) is 6.98. The molecule has 0 bridgehead atoms. The molecule has 1 fully saturated rings. The predicted molar refractivity (Wildman–Crippen MR) is 148 cm³/mol. The summed E-state index contributed by atoms with van der Waals surface area (Å²) in [5.41, 5.74) is 3.77. The highest BCUT2D eigenvalue weighted by Crippen LogP contribution is 2.37. The molecule has 1 amide bonds. The van der Waals surface area contributed by atoms with E-state index in [0.717, 1.165) is 26.8 Å². The Labute approximate surface area is 222 Å². The highest BCUT2D eigenvalue weighted by atomic mass is 127. The Hall–Kier alpha value is -2.36. The van der Waals surface area contributed by atoms with Gasteiger partial charge >= 0.3 is 0 Å². The number of halogens is 2. The number of carbonyl (C=O) groups is 1. The summed E-state index contributed by atoms with van der Waals surface area (Å²) in [6, 6.07) is 19.7. The maximum atomic E-state index is 12.6. The van der Waals surface area contributed by atoms with Gasteiger partial charge in [0.15, 0.2) is 17.0 Å². The van der Waals surface area contributed by atoms with E-state index in [1.165, 1.54) is 17.3 Å². The predicted octanol–water partition coefficient (Wildman–Crippen LogP) is 6.69. The molecule has 0 spiro atoms. The molecule has 0 aliphatic carbocycles. The molecule has 0 unspecified atom stereocenters. The van der Waals surface area contributed by atoms with Crippen LogP contribution in [-0.4, -0.2) is 18.5 Å². The molecule has 34 heavy (non-hydrogen) atoms. The summed E-state index contributed by atoms with van der Waals surface area (Å²) in [5.74, 6) is 1.13. The van der Waals surface area contributed by atoms with Crippen LogP contribution in [0.15, 0.2) is 65.6 Å². The van der Waals surface area contributed by atoms with E-state index in [2.05, 4.69) is 52.3 Å². The second-order valence-electron chi connectivity index (χ2n) is 7.59. The zero-order chi connectivity index (χ0) is 24.1. The number of anilines is 1. The van der Waals surface area contributed by atoms with E-state index < -0.39 is 0 Å². The molecule has 1 saturated heterocycles. The Morgan fingerprint density at radius 2 is 1.94 bits per heavy atom. The number of ether oxygens (including phenoxy) is 2. The number of rotatable bonds is 8. The van der Waals surface area contributed by atoms with E-state index in [1.807, 2.05) is 54.6 Å². The second kappa shape index (κ2) is 11.4. The van der Waals surface area contributed by atoms with Crippen molar-refractivity contribution in [2.24, 2.45) is 0 Å². The Bertz CT molecular complexity index is 1220. The van der Waals surface area contributed by atoms with Crippen molar-refractivity contribution in [3.63, 3.8) is 0 Å². The standard InChI is InChI=1S/C26H24ClIN2O3S/c1-3-16-8-10-19(11-9-16)29-26-30-25(31)23(34-26)14-17-12-21(28)24(22(13-17)32-2)33-15-18-6-4-5-7-20(18)27/h4-14,26,29H,3,15H2,1-2H3,(H,30,31)/b23-14-/t26-/m0/s1. The minimum Gasteiger partial charge on any atom is -0.493 e. The Morgan fingerprint density at radius 3 is 2.65 bits per heavy atom. The Kier molecular flexibility index (Phi) is 8.28. The van der Waals surface area contributed by atoms with E-state index in [4.69, 9.17) is 21.1 Å². The molecule has 1 atom stereocenters. The molecule has 1 heterocycles. The van der Waals surface area contributed by atoms with Crippen LogP contribution in [0.1, 0.15) is 23.6 Å². The topological polar surface area (TPSA) is 59.6 Å². The fourth-order valence-corrected chi connectivity index (χ4v) is 5.39. The highest BCUT2D eigenvalue weighted by molar-refractivity contribution is 14.1. The van der Waals surface area contributed by atoms with Crippen molar-refractivity contribution >= 4 is 63.6 Å². The van der Waals surface area contributed by atoms with Crippen LogP contribution in [0.5, 0.6) is 11.5 Å². The van der Waals surface area contributed by atoms with Crippen LogP contribution in [0.4, 0.5) is 5.69 Å². The molecule has 4 rings (SSSR count). The number of carbonyl (C=O) groups excluding carboxylic acids is 1. The van der Waals surface area contributed by atoms with E-state index in [0.29, 0.717) is 28.0 Å². The second-order valence-corrected chi connectivity index (χ2v) is 10.3. The van der Waals surface area contributed by atoms with Crippen LogP contribution in [0.25, 0.3) is 6.08 Å². The number of methoxy groups -OCH3 is 1. The smallest absolute Gasteiger partial charge is 0.260 e. The van der Waals surface area contributed by atoms with Crippen LogP contribution in [-0.2, 0) is 17.8 Å². The van der Waals surface area contributed by atoms with Crippen molar-refractivity contribution in [2.75, 3.05) is 12.4 Å². The largest absolute Gasteiger partial charge is 0.493 e. The number of hydrogen-bond acceptors (Lipinski definition) is 5. The van der Waals surface area contributed by atoms with Crippen molar-refractivity contribution < 1.29 is 14.3 Å². The first kappa shape index (κ1) is 24.8. The SMILES string of the molecule is CCc1ccc(N[C@H]2NC(=O)/C(=C/c3cc(I)c(OCc4ccccc4Cl)c(OC)c3)S2)cc1. The molecule has 8 heteroatoms. The fraction of sp³-hybridized carbons (Fsp3) is 0.192. The van der Waals surface area contributed by atoms with Gasteiger partial charge in [0.2, 0.25) is 0 Å². The number of benzene rings is 3. The van der Waals surface area contributed by atoms with Gasteiger partial charge in [-0.1, -0.05) is 60.6 Å². The minimum absolute atomic E-state index is 0.110. The van der Waals surface area contributed by atoms with Gasteiger partial charge in [0.05, 0.1) is 15.6 Å². The van der Waals surface area contributed by atoms with Gasteiger partial charge < -0.3 is 20.1 Å². The summed E-state index contributed by atoms with van der Waals surface area (Å²) in [7, 11) is 1.60. The molecule has 0 saturated carbocycles. The van der Waals surface area contributed by atoms with Crippen LogP contribution in [0.3, 0.4) is 0 Å². The quantitative estimate of drug-likeness (QED) is 0.221. The summed E-state index contributed by atoms with van der Waals surface area (Å²) in [4.78, 5) is 13.2. The number of thioether (sulfide) groups is 1.